The predicted molar refractivity (Wildman–Crippen MR) is 97.8 cm³/mol. The van der Waals surface area contributed by atoms with E-state index in [2.05, 4.69) is 25.7 Å². The van der Waals surface area contributed by atoms with Gasteiger partial charge in [0, 0.05) is 23.3 Å². The summed E-state index contributed by atoms with van der Waals surface area (Å²) in [6.45, 7) is 2.03. The minimum Gasteiger partial charge on any atom is -0.325 e. The summed E-state index contributed by atoms with van der Waals surface area (Å²) < 4.78 is 1.47. The van der Waals surface area contributed by atoms with Crippen LogP contribution in [0.1, 0.15) is 28.5 Å². The fraction of sp³-hybridized carbons (Fsp3) is 0.188. The van der Waals surface area contributed by atoms with Crippen LogP contribution in [0.25, 0.3) is 0 Å². The van der Waals surface area contributed by atoms with Crippen molar-refractivity contribution < 1.29 is 9.59 Å². The van der Waals surface area contributed by atoms with Crippen molar-refractivity contribution in [2.75, 3.05) is 10.6 Å². The standard InChI is InChI=1S/C16H17N7O2S/c1-10(23-9-18-8-19-23)15(24)20-11-2-4-12(5-3-11)21-16(25)13-7-26-14(6-17)22-13/h2-5,7-10H,6,17H2,1H3,(H,20,24)(H,21,25). The summed E-state index contributed by atoms with van der Waals surface area (Å²) in [4.78, 5) is 32.3. The first kappa shape index (κ1) is 17.7. The van der Waals surface area contributed by atoms with Gasteiger partial charge in [-0.15, -0.1) is 11.3 Å². The van der Waals surface area contributed by atoms with Crippen LogP contribution in [0.4, 0.5) is 11.4 Å². The molecule has 134 valence electrons. The normalized spacial score (nSPS) is 11.8. The number of hydrogen-bond donors (Lipinski definition) is 3. The maximum absolute atomic E-state index is 12.2. The van der Waals surface area contributed by atoms with Crippen LogP contribution >= 0.6 is 11.3 Å². The molecular formula is C16H17N7O2S. The van der Waals surface area contributed by atoms with Crippen molar-refractivity contribution in [3.05, 3.63) is 53.0 Å². The average molecular weight is 371 g/mol. The van der Waals surface area contributed by atoms with Crippen molar-refractivity contribution in [1.82, 2.24) is 19.7 Å². The van der Waals surface area contributed by atoms with Gasteiger partial charge in [0.25, 0.3) is 5.91 Å². The molecule has 1 aromatic carbocycles. The van der Waals surface area contributed by atoms with E-state index in [1.54, 1.807) is 36.6 Å². The first-order valence-corrected chi connectivity index (χ1v) is 8.65. The summed E-state index contributed by atoms with van der Waals surface area (Å²) in [6, 6.07) is 6.31. The Morgan fingerprint density at radius 2 is 1.92 bits per heavy atom. The average Bonchev–Trinajstić information content (AvgIpc) is 3.34. The fourth-order valence-corrected chi connectivity index (χ4v) is 2.78. The summed E-state index contributed by atoms with van der Waals surface area (Å²) in [5, 5.41) is 11.9. The summed E-state index contributed by atoms with van der Waals surface area (Å²) in [5.41, 5.74) is 7.03. The van der Waals surface area contributed by atoms with Gasteiger partial charge in [0.05, 0.1) is 0 Å². The quantitative estimate of drug-likeness (QED) is 0.604. The molecule has 0 bridgehead atoms. The molecule has 0 fully saturated rings. The largest absolute Gasteiger partial charge is 0.325 e. The number of benzene rings is 1. The number of aromatic nitrogens is 4. The van der Waals surface area contributed by atoms with Gasteiger partial charge in [-0.1, -0.05) is 0 Å². The highest BCUT2D eigenvalue weighted by molar-refractivity contribution is 7.09. The number of rotatable bonds is 6. The highest BCUT2D eigenvalue weighted by atomic mass is 32.1. The molecule has 2 amide bonds. The van der Waals surface area contributed by atoms with Crippen LogP contribution in [-0.4, -0.2) is 31.6 Å². The van der Waals surface area contributed by atoms with Gasteiger partial charge in [-0.3, -0.25) is 9.59 Å². The Labute approximate surface area is 153 Å². The maximum atomic E-state index is 12.2. The number of nitrogens with one attached hydrogen (secondary N) is 2. The van der Waals surface area contributed by atoms with E-state index >= 15 is 0 Å². The molecule has 4 N–H and O–H groups in total. The fourth-order valence-electron chi connectivity index (χ4n) is 2.13. The zero-order chi connectivity index (χ0) is 18.5. The molecule has 10 heteroatoms. The molecule has 3 rings (SSSR count). The lowest BCUT2D eigenvalue weighted by Gasteiger charge is -2.12. The number of hydrogen-bond acceptors (Lipinski definition) is 7. The molecule has 26 heavy (non-hydrogen) atoms. The minimum absolute atomic E-state index is 0.218. The Kier molecular flexibility index (Phi) is 5.34. The van der Waals surface area contributed by atoms with Gasteiger partial charge in [-0.25, -0.2) is 14.6 Å². The summed E-state index contributed by atoms with van der Waals surface area (Å²) in [5.74, 6) is -0.526. The van der Waals surface area contributed by atoms with E-state index in [-0.39, 0.29) is 11.8 Å². The molecule has 2 aromatic heterocycles. The Hall–Kier alpha value is -3.11. The predicted octanol–water partition coefficient (Wildman–Crippen LogP) is 1.65. The maximum Gasteiger partial charge on any atom is 0.275 e. The van der Waals surface area contributed by atoms with Gasteiger partial charge in [0.2, 0.25) is 5.91 Å². The lowest BCUT2D eigenvalue weighted by molar-refractivity contribution is -0.119. The highest BCUT2D eigenvalue weighted by Crippen LogP contribution is 2.17. The SMILES string of the molecule is CC(C(=O)Nc1ccc(NC(=O)c2csc(CN)n2)cc1)n1cncn1. The van der Waals surface area contributed by atoms with Gasteiger partial charge in [0.15, 0.2) is 0 Å². The number of nitrogens with zero attached hydrogens (tertiary/aromatic N) is 4. The van der Waals surface area contributed by atoms with Crippen LogP contribution in [-0.2, 0) is 11.3 Å². The number of carbonyl (C=O) groups is 2. The highest BCUT2D eigenvalue weighted by Gasteiger charge is 2.15. The van der Waals surface area contributed by atoms with Crippen molar-refractivity contribution in [3.63, 3.8) is 0 Å². The molecule has 0 aliphatic heterocycles. The Bertz CT molecular complexity index is 890. The molecule has 1 atom stereocenters. The molecule has 3 aromatic rings. The van der Waals surface area contributed by atoms with Gasteiger partial charge in [-0.2, -0.15) is 5.10 Å². The van der Waals surface area contributed by atoms with E-state index < -0.39 is 6.04 Å². The Morgan fingerprint density at radius 1 is 1.23 bits per heavy atom. The van der Waals surface area contributed by atoms with Crippen LogP contribution in [0.15, 0.2) is 42.3 Å². The van der Waals surface area contributed by atoms with Gasteiger partial charge in [-0.05, 0) is 31.2 Å². The van der Waals surface area contributed by atoms with Gasteiger partial charge < -0.3 is 16.4 Å². The van der Waals surface area contributed by atoms with Crippen molar-refractivity contribution in [2.45, 2.75) is 19.5 Å². The zero-order valence-corrected chi connectivity index (χ0v) is 14.7. The van der Waals surface area contributed by atoms with E-state index in [1.165, 1.54) is 28.7 Å². The van der Waals surface area contributed by atoms with E-state index in [0.717, 1.165) is 0 Å². The molecule has 1 unspecified atom stereocenters. The molecule has 0 saturated heterocycles. The second-order valence-corrected chi connectivity index (χ2v) is 6.35. The molecule has 0 radical (unpaired) electrons. The number of carbonyl (C=O) groups excluding carboxylic acids is 2. The second kappa shape index (κ2) is 7.85. The monoisotopic (exact) mass is 371 g/mol. The first-order valence-electron chi connectivity index (χ1n) is 7.77. The van der Waals surface area contributed by atoms with Gasteiger partial charge in [0.1, 0.15) is 29.4 Å². The third kappa shape index (κ3) is 4.10. The van der Waals surface area contributed by atoms with E-state index in [1.807, 2.05) is 0 Å². The first-order chi connectivity index (χ1) is 12.6. The van der Waals surface area contributed by atoms with Crippen molar-refractivity contribution in [1.29, 1.82) is 0 Å². The summed E-state index contributed by atoms with van der Waals surface area (Å²) in [6.07, 6.45) is 2.86. The van der Waals surface area contributed by atoms with Crippen LogP contribution in [0, 0.1) is 0 Å². The van der Waals surface area contributed by atoms with Crippen LogP contribution < -0.4 is 16.4 Å². The van der Waals surface area contributed by atoms with E-state index in [4.69, 9.17) is 5.73 Å². The van der Waals surface area contributed by atoms with Crippen LogP contribution in [0.2, 0.25) is 0 Å². The van der Waals surface area contributed by atoms with Crippen LogP contribution in [0.3, 0.4) is 0 Å². The van der Waals surface area contributed by atoms with Crippen molar-refractivity contribution in [3.8, 4) is 0 Å². The molecule has 0 spiro atoms. The Balaban J connectivity index is 1.59. The molecule has 0 saturated carbocycles. The third-order valence-corrected chi connectivity index (χ3v) is 4.45. The molecule has 9 nitrogen and oxygen atoms in total. The lowest BCUT2D eigenvalue weighted by atomic mass is 10.2. The molecular weight excluding hydrogens is 354 g/mol. The van der Waals surface area contributed by atoms with Crippen molar-refractivity contribution in [2.24, 2.45) is 5.73 Å². The number of thiazole rings is 1. The van der Waals surface area contributed by atoms with E-state index in [0.29, 0.717) is 28.6 Å². The molecule has 0 aliphatic carbocycles. The lowest BCUT2D eigenvalue weighted by Crippen LogP contribution is -2.24. The van der Waals surface area contributed by atoms with Gasteiger partial charge >= 0.3 is 0 Å². The smallest absolute Gasteiger partial charge is 0.275 e. The van der Waals surface area contributed by atoms with E-state index in [9.17, 15) is 9.59 Å². The molecule has 0 aliphatic rings. The summed E-state index contributed by atoms with van der Waals surface area (Å²) >= 11 is 1.34. The summed E-state index contributed by atoms with van der Waals surface area (Å²) in [7, 11) is 0. The number of nitrogens with two attached hydrogens (primary N) is 1. The molecule has 2 heterocycles. The number of amides is 2. The third-order valence-electron chi connectivity index (χ3n) is 3.58. The van der Waals surface area contributed by atoms with Crippen molar-refractivity contribution >= 4 is 34.5 Å². The van der Waals surface area contributed by atoms with Crippen LogP contribution in [0.5, 0.6) is 0 Å². The second-order valence-electron chi connectivity index (χ2n) is 5.40. The minimum atomic E-state index is -0.488. The topological polar surface area (TPSA) is 128 Å². The zero-order valence-electron chi connectivity index (χ0n) is 13.9. The Morgan fingerprint density at radius 3 is 2.50 bits per heavy atom. The number of anilines is 2.